The number of halogens is 1. The lowest BCUT2D eigenvalue weighted by molar-refractivity contribution is -0.00156. The minimum absolute atomic E-state index is 0. The lowest BCUT2D eigenvalue weighted by Crippen LogP contribution is -2.46. The Labute approximate surface area is 126 Å². The summed E-state index contributed by atoms with van der Waals surface area (Å²) in [5.74, 6) is 0.589. The molecule has 0 aromatic heterocycles. The van der Waals surface area contributed by atoms with Gasteiger partial charge in [-0.05, 0) is 30.0 Å². The van der Waals surface area contributed by atoms with Gasteiger partial charge in [-0.15, -0.1) is 12.4 Å². The predicted octanol–water partition coefficient (Wildman–Crippen LogP) is 2.06. The normalized spacial score (nSPS) is 22.2. The van der Waals surface area contributed by atoms with Crippen molar-refractivity contribution in [3.63, 3.8) is 0 Å². The molecule has 2 N–H and O–H groups in total. The number of carbonyl (C=O) groups excluding carboxylic acids is 1. The third kappa shape index (κ3) is 3.72. The molecule has 2 unspecified atom stereocenters. The fraction of sp³-hybridized carbons (Fsp3) is 0.533. The van der Waals surface area contributed by atoms with Gasteiger partial charge < -0.3 is 15.4 Å². The van der Waals surface area contributed by atoms with E-state index >= 15 is 0 Å². The Morgan fingerprint density at radius 3 is 2.60 bits per heavy atom. The highest BCUT2D eigenvalue weighted by Crippen LogP contribution is 2.21. The maximum atomic E-state index is 12.4. The number of nitrogens with two attached hydrogens (primary N) is 1. The van der Waals surface area contributed by atoms with E-state index in [1.165, 1.54) is 0 Å². The number of carbonyl (C=O) groups is 1. The van der Waals surface area contributed by atoms with E-state index in [0.717, 1.165) is 24.1 Å². The number of piperidine rings is 1. The van der Waals surface area contributed by atoms with E-state index in [1.54, 1.807) is 7.11 Å². The van der Waals surface area contributed by atoms with E-state index < -0.39 is 0 Å². The van der Waals surface area contributed by atoms with Crippen LogP contribution in [-0.2, 0) is 11.3 Å². The van der Waals surface area contributed by atoms with Crippen LogP contribution >= 0.6 is 12.4 Å². The molecular weight excluding hydrogens is 276 g/mol. The van der Waals surface area contributed by atoms with Crippen LogP contribution in [-0.4, -0.2) is 37.1 Å². The van der Waals surface area contributed by atoms with Gasteiger partial charge >= 0.3 is 0 Å². The molecule has 1 amide bonds. The molecule has 1 aromatic carbocycles. The van der Waals surface area contributed by atoms with Crippen molar-refractivity contribution in [1.29, 1.82) is 0 Å². The van der Waals surface area contributed by atoms with E-state index in [9.17, 15) is 4.79 Å². The highest BCUT2D eigenvalue weighted by atomic mass is 35.5. The Morgan fingerprint density at radius 2 is 2.05 bits per heavy atom. The number of benzene rings is 1. The average Bonchev–Trinajstić information content (AvgIpc) is 2.47. The van der Waals surface area contributed by atoms with Gasteiger partial charge in [0.25, 0.3) is 5.91 Å². The standard InChI is InChI=1S/C15H22N2O2.ClH/c1-11-7-8-17(10-14(11)19-2)15(18)13-5-3-12(9-16)4-6-13;/h3-6,11,14H,7-10,16H2,1-2H3;1H. The van der Waals surface area contributed by atoms with Gasteiger partial charge in [-0.1, -0.05) is 19.1 Å². The Hall–Kier alpha value is -1.10. The predicted molar refractivity (Wildman–Crippen MR) is 82.1 cm³/mol. The number of amides is 1. The van der Waals surface area contributed by atoms with Gasteiger partial charge in [-0.2, -0.15) is 0 Å². The average molecular weight is 299 g/mol. The summed E-state index contributed by atoms with van der Waals surface area (Å²) in [6.45, 7) is 4.15. The number of methoxy groups -OCH3 is 1. The molecule has 0 aliphatic carbocycles. The van der Waals surface area contributed by atoms with Crippen LogP contribution in [0.25, 0.3) is 0 Å². The molecule has 1 aliphatic heterocycles. The Bertz CT molecular complexity index is 436. The zero-order chi connectivity index (χ0) is 13.8. The summed E-state index contributed by atoms with van der Waals surface area (Å²) in [5.41, 5.74) is 7.32. The van der Waals surface area contributed by atoms with Crippen molar-refractivity contribution in [2.45, 2.75) is 26.0 Å². The molecule has 5 heteroatoms. The van der Waals surface area contributed by atoms with Crippen LogP contribution in [0.4, 0.5) is 0 Å². The van der Waals surface area contributed by atoms with E-state index in [0.29, 0.717) is 19.0 Å². The van der Waals surface area contributed by atoms with Crippen molar-refractivity contribution < 1.29 is 9.53 Å². The summed E-state index contributed by atoms with van der Waals surface area (Å²) in [6, 6.07) is 7.52. The van der Waals surface area contributed by atoms with Crippen LogP contribution in [0.3, 0.4) is 0 Å². The van der Waals surface area contributed by atoms with Crippen molar-refractivity contribution in [3.8, 4) is 0 Å². The van der Waals surface area contributed by atoms with Crippen molar-refractivity contribution in [1.82, 2.24) is 4.90 Å². The summed E-state index contributed by atoms with van der Waals surface area (Å²) >= 11 is 0. The monoisotopic (exact) mass is 298 g/mol. The second kappa shape index (κ2) is 7.62. The minimum atomic E-state index is 0. The molecule has 0 radical (unpaired) electrons. The zero-order valence-corrected chi connectivity index (χ0v) is 12.9. The Kier molecular flexibility index (Phi) is 6.46. The van der Waals surface area contributed by atoms with Gasteiger partial charge in [-0.25, -0.2) is 0 Å². The number of likely N-dealkylation sites (tertiary alicyclic amines) is 1. The van der Waals surface area contributed by atoms with Crippen molar-refractivity contribution >= 4 is 18.3 Å². The first-order valence-electron chi connectivity index (χ1n) is 6.76. The zero-order valence-electron chi connectivity index (χ0n) is 12.0. The molecule has 0 spiro atoms. The van der Waals surface area contributed by atoms with Crippen LogP contribution < -0.4 is 5.73 Å². The smallest absolute Gasteiger partial charge is 0.253 e. The molecular formula is C15H23ClN2O2. The highest BCUT2D eigenvalue weighted by molar-refractivity contribution is 5.94. The minimum Gasteiger partial charge on any atom is -0.379 e. The quantitative estimate of drug-likeness (QED) is 0.929. The van der Waals surface area contributed by atoms with E-state index in [1.807, 2.05) is 29.2 Å². The van der Waals surface area contributed by atoms with Gasteiger partial charge in [-0.3, -0.25) is 4.79 Å². The highest BCUT2D eigenvalue weighted by Gasteiger charge is 2.29. The first-order chi connectivity index (χ1) is 9.15. The summed E-state index contributed by atoms with van der Waals surface area (Å²) in [6.07, 6.45) is 1.13. The van der Waals surface area contributed by atoms with Gasteiger partial charge in [0.05, 0.1) is 6.10 Å². The first kappa shape index (κ1) is 17.0. The molecule has 1 fully saturated rings. The molecule has 1 aromatic rings. The van der Waals surface area contributed by atoms with Gasteiger partial charge in [0.2, 0.25) is 0 Å². The third-order valence-corrected chi connectivity index (χ3v) is 3.92. The molecule has 112 valence electrons. The Morgan fingerprint density at radius 1 is 1.40 bits per heavy atom. The van der Waals surface area contributed by atoms with Gasteiger partial charge in [0, 0.05) is 32.3 Å². The number of rotatable bonds is 3. The molecule has 1 saturated heterocycles. The molecule has 1 heterocycles. The van der Waals surface area contributed by atoms with E-state index in [-0.39, 0.29) is 24.4 Å². The van der Waals surface area contributed by atoms with Crippen LogP contribution in [0.2, 0.25) is 0 Å². The van der Waals surface area contributed by atoms with E-state index in [4.69, 9.17) is 10.5 Å². The molecule has 1 aliphatic rings. The molecule has 2 rings (SSSR count). The van der Waals surface area contributed by atoms with Gasteiger partial charge in [0.15, 0.2) is 0 Å². The number of nitrogens with zero attached hydrogens (tertiary/aromatic N) is 1. The third-order valence-electron chi connectivity index (χ3n) is 3.92. The van der Waals surface area contributed by atoms with Crippen LogP contribution in [0.1, 0.15) is 29.3 Å². The number of hydrogen-bond acceptors (Lipinski definition) is 3. The second-order valence-corrected chi connectivity index (χ2v) is 5.19. The molecule has 20 heavy (non-hydrogen) atoms. The van der Waals surface area contributed by atoms with Crippen LogP contribution in [0, 0.1) is 5.92 Å². The lowest BCUT2D eigenvalue weighted by atomic mass is 9.95. The first-order valence-corrected chi connectivity index (χ1v) is 6.76. The van der Waals surface area contributed by atoms with Crippen molar-refractivity contribution in [3.05, 3.63) is 35.4 Å². The fourth-order valence-corrected chi connectivity index (χ4v) is 2.49. The summed E-state index contributed by atoms with van der Waals surface area (Å²) < 4.78 is 5.45. The second-order valence-electron chi connectivity index (χ2n) is 5.19. The maximum Gasteiger partial charge on any atom is 0.253 e. The van der Waals surface area contributed by atoms with Crippen LogP contribution in [0.15, 0.2) is 24.3 Å². The maximum absolute atomic E-state index is 12.4. The SMILES string of the molecule is COC1CN(C(=O)c2ccc(CN)cc2)CCC1C.Cl. The fourth-order valence-electron chi connectivity index (χ4n) is 2.49. The summed E-state index contributed by atoms with van der Waals surface area (Å²) in [7, 11) is 1.71. The largest absolute Gasteiger partial charge is 0.379 e. The number of hydrogen-bond donors (Lipinski definition) is 1. The van der Waals surface area contributed by atoms with E-state index in [2.05, 4.69) is 6.92 Å². The topological polar surface area (TPSA) is 55.6 Å². The Balaban J connectivity index is 0.00000200. The summed E-state index contributed by atoms with van der Waals surface area (Å²) in [4.78, 5) is 14.3. The van der Waals surface area contributed by atoms with Crippen molar-refractivity contribution in [2.24, 2.45) is 11.7 Å². The van der Waals surface area contributed by atoms with Gasteiger partial charge in [0.1, 0.15) is 0 Å². The van der Waals surface area contributed by atoms with Crippen molar-refractivity contribution in [2.75, 3.05) is 20.2 Å². The molecule has 2 atom stereocenters. The molecule has 0 bridgehead atoms. The molecule has 0 saturated carbocycles. The molecule has 4 nitrogen and oxygen atoms in total. The summed E-state index contributed by atoms with van der Waals surface area (Å²) in [5, 5.41) is 0. The lowest BCUT2D eigenvalue weighted by Gasteiger charge is -2.36. The van der Waals surface area contributed by atoms with Crippen LogP contribution in [0.5, 0.6) is 0 Å². The number of ether oxygens (including phenoxy) is 1.